The van der Waals surface area contributed by atoms with Crippen LogP contribution in [0.4, 0.5) is 10.2 Å². The van der Waals surface area contributed by atoms with E-state index in [-0.39, 0.29) is 18.0 Å². The van der Waals surface area contributed by atoms with Gasteiger partial charge in [0.15, 0.2) is 11.5 Å². The SMILES string of the molecule is COc1cc2ncnc(N[C@H](C)c3cccc(F)c3)c2cc1OC1CCOCC1. The van der Waals surface area contributed by atoms with Crippen LogP contribution in [0.2, 0.25) is 0 Å². The number of aromatic nitrogens is 2. The summed E-state index contributed by atoms with van der Waals surface area (Å²) in [6, 6.07) is 10.2. The lowest BCUT2D eigenvalue weighted by Gasteiger charge is -2.24. The van der Waals surface area contributed by atoms with Crippen molar-refractivity contribution in [2.75, 3.05) is 25.6 Å². The number of nitrogens with zero attached hydrogens (tertiary/aromatic N) is 2. The Hall–Kier alpha value is -2.93. The Bertz CT molecular complexity index is 992. The smallest absolute Gasteiger partial charge is 0.162 e. The zero-order valence-electron chi connectivity index (χ0n) is 16.5. The molecule has 29 heavy (non-hydrogen) atoms. The lowest BCUT2D eigenvalue weighted by atomic mass is 10.1. The molecule has 0 aliphatic carbocycles. The van der Waals surface area contributed by atoms with E-state index in [4.69, 9.17) is 14.2 Å². The van der Waals surface area contributed by atoms with Gasteiger partial charge in [0.2, 0.25) is 0 Å². The molecule has 2 aromatic carbocycles. The molecule has 3 aromatic rings. The van der Waals surface area contributed by atoms with Gasteiger partial charge in [-0.1, -0.05) is 12.1 Å². The first-order valence-corrected chi connectivity index (χ1v) is 9.73. The number of methoxy groups -OCH3 is 1. The first-order chi connectivity index (χ1) is 14.1. The van der Waals surface area contributed by atoms with Crippen LogP contribution < -0.4 is 14.8 Å². The predicted molar refractivity (Wildman–Crippen MR) is 109 cm³/mol. The van der Waals surface area contributed by atoms with Gasteiger partial charge in [0, 0.05) is 24.3 Å². The van der Waals surface area contributed by atoms with Gasteiger partial charge in [0.25, 0.3) is 0 Å². The molecule has 6 nitrogen and oxygen atoms in total. The van der Waals surface area contributed by atoms with Crippen LogP contribution in [-0.2, 0) is 4.74 Å². The summed E-state index contributed by atoms with van der Waals surface area (Å²) in [6.45, 7) is 3.36. The van der Waals surface area contributed by atoms with E-state index in [0.717, 1.165) is 29.3 Å². The van der Waals surface area contributed by atoms with Crippen LogP contribution >= 0.6 is 0 Å². The Labute approximate surface area is 169 Å². The average Bonchev–Trinajstić information content (AvgIpc) is 2.74. The van der Waals surface area contributed by atoms with E-state index in [2.05, 4.69) is 15.3 Å². The highest BCUT2D eigenvalue weighted by atomic mass is 19.1. The number of rotatable bonds is 6. The first kappa shape index (κ1) is 19.4. The molecule has 1 fully saturated rings. The van der Waals surface area contributed by atoms with Crippen LogP contribution in [0.5, 0.6) is 11.5 Å². The predicted octanol–water partition coefficient (Wildman–Crippen LogP) is 4.51. The molecule has 1 saturated heterocycles. The van der Waals surface area contributed by atoms with Gasteiger partial charge in [-0.2, -0.15) is 0 Å². The maximum Gasteiger partial charge on any atom is 0.162 e. The van der Waals surface area contributed by atoms with Crippen molar-refractivity contribution < 1.29 is 18.6 Å². The molecule has 0 bridgehead atoms. The average molecular weight is 397 g/mol. The second-order valence-electron chi connectivity index (χ2n) is 7.09. The molecule has 7 heteroatoms. The Balaban J connectivity index is 1.66. The minimum atomic E-state index is -0.263. The van der Waals surface area contributed by atoms with Crippen molar-refractivity contribution in [3.05, 3.63) is 54.1 Å². The molecular formula is C22H24FN3O3. The molecule has 1 aliphatic heterocycles. The van der Waals surface area contributed by atoms with Crippen LogP contribution in [0.3, 0.4) is 0 Å². The highest BCUT2D eigenvalue weighted by molar-refractivity contribution is 5.91. The summed E-state index contributed by atoms with van der Waals surface area (Å²) in [5.74, 6) is 1.68. The molecule has 0 saturated carbocycles. The largest absolute Gasteiger partial charge is 0.493 e. The third-order valence-electron chi connectivity index (χ3n) is 5.08. The van der Waals surface area contributed by atoms with Crippen molar-refractivity contribution in [2.45, 2.75) is 31.9 Å². The summed E-state index contributed by atoms with van der Waals surface area (Å²) in [4.78, 5) is 8.77. The summed E-state index contributed by atoms with van der Waals surface area (Å²) in [7, 11) is 1.62. The fourth-order valence-corrected chi connectivity index (χ4v) is 3.47. The number of hydrogen-bond acceptors (Lipinski definition) is 6. The third-order valence-corrected chi connectivity index (χ3v) is 5.08. The maximum absolute atomic E-state index is 13.6. The van der Waals surface area contributed by atoms with Gasteiger partial charge in [-0.3, -0.25) is 0 Å². The summed E-state index contributed by atoms with van der Waals surface area (Å²) in [5.41, 5.74) is 1.58. The van der Waals surface area contributed by atoms with Crippen LogP contribution in [0, 0.1) is 5.82 Å². The molecule has 0 unspecified atom stereocenters. The van der Waals surface area contributed by atoms with Gasteiger partial charge in [-0.15, -0.1) is 0 Å². The minimum absolute atomic E-state index is 0.0855. The van der Waals surface area contributed by atoms with Gasteiger partial charge >= 0.3 is 0 Å². The van der Waals surface area contributed by atoms with Gasteiger partial charge in [0.1, 0.15) is 24.1 Å². The highest BCUT2D eigenvalue weighted by Gasteiger charge is 2.19. The van der Waals surface area contributed by atoms with Crippen LogP contribution in [0.25, 0.3) is 10.9 Å². The van der Waals surface area contributed by atoms with E-state index in [0.29, 0.717) is 30.5 Å². The number of hydrogen-bond donors (Lipinski definition) is 1. The Morgan fingerprint density at radius 3 is 2.72 bits per heavy atom. The van der Waals surface area contributed by atoms with E-state index in [1.165, 1.54) is 18.5 Å². The van der Waals surface area contributed by atoms with Gasteiger partial charge in [0.05, 0.1) is 31.9 Å². The lowest BCUT2D eigenvalue weighted by molar-refractivity contribution is 0.0246. The first-order valence-electron chi connectivity index (χ1n) is 9.73. The second kappa shape index (κ2) is 8.61. The fourth-order valence-electron chi connectivity index (χ4n) is 3.47. The number of benzene rings is 2. The second-order valence-corrected chi connectivity index (χ2v) is 7.09. The zero-order chi connectivity index (χ0) is 20.2. The van der Waals surface area contributed by atoms with E-state index >= 15 is 0 Å². The van der Waals surface area contributed by atoms with Crippen LogP contribution in [0.15, 0.2) is 42.7 Å². The third kappa shape index (κ3) is 4.40. The van der Waals surface area contributed by atoms with Crippen molar-refractivity contribution in [1.29, 1.82) is 0 Å². The maximum atomic E-state index is 13.6. The molecule has 1 N–H and O–H groups in total. The number of fused-ring (bicyclic) bond motifs is 1. The molecule has 2 heterocycles. The number of halogens is 1. The summed E-state index contributed by atoms with van der Waals surface area (Å²) in [6.07, 6.45) is 3.27. The van der Waals surface area contributed by atoms with Crippen molar-refractivity contribution in [3.63, 3.8) is 0 Å². The monoisotopic (exact) mass is 397 g/mol. The number of anilines is 1. The fraction of sp³-hybridized carbons (Fsp3) is 0.364. The van der Waals surface area contributed by atoms with Crippen molar-refractivity contribution in [2.24, 2.45) is 0 Å². The molecule has 1 aromatic heterocycles. The van der Waals surface area contributed by atoms with Crippen molar-refractivity contribution in [1.82, 2.24) is 9.97 Å². The van der Waals surface area contributed by atoms with Crippen molar-refractivity contribution >= 4 is 16.7 Å². The van der Waals surface area contributed by atoms with E-state index < -0.39 is 0 Å². The van der Waals surface area contributed by atoms with Gasteiger partial charge in [-0.05, 0) is 30.7 Å². The molecule has 0 amide bonds. The van der Waals surface area contributed by atoms with E-state index in [9.17, 15) is 4.39 Å². The molecular weight excluding hydrogens is 373 g/mol. The van der Waals surface area contributed by atoms with Crippen molar-refractivity contribution in [3.8, 4) is 11.5 Å². The van der Waals surface area contributed by atoms with Gasteiger partial charge in [-0.25, -0.2) is 14.4 Å². The summed E-state index contributed by atoms with van der Waals surface area (Å²) in [5, 5.41) is 4.18. The Morgan fingerprint density at radius 2 is 1.97 bits per heavy atom. The molecule has 152 valence electrons. The topological polar surface area (TPSA) is 65.5 Å². The van der Waals surface area contributed by atoms with E-state index in [1.54, 1.807) is 13.2 Å². The minimum Gasteiger partial charge on any atom is -0.493 e. The standard InChI is InChI=1S/C22H24FN3O3/c1-14(15-4-3-5-16(23)10-15)26-22-18-11-21(29-17-6-8-28-9-7-17)20(27-2)12-19(18)24-13-25-22/h3-5,10-14,17H,6-9H2,1-2H3,(H,24,25,26)/t14-/m1/s1. The number of nitrogens with one attached hydrogen (secondary N) is 1. The zero-order valence-corrected chi connectivity index (χ0v) is 16.5. The molecule has 0 spiro atoms. The number of ether oxygens (including phenoxy) is 3. The lowest BCUT2D eigenvalue weighted by Crippen LogP contribution is -2.26. The van der Waals surface area contributed by atoms with E-state index in [1.807, 2.05) is 25.1 Å². The quantitative estimate of drug-likeness (QED) is 0.660. The normalized spacial score (nSPS) is 15.8. The molecule has 1 atom stereocenters. The Kier molecular flexibility index (Phi) is 5.76. The van der Waals surface area contributed by atoms with Crippen LogP contribution in [-0.4, -0.2) is 36.4 Å². The summed E-state index contributed by atoms with van der Waals surface area (Å²) >= 11 is 0. The van der Waals surface area contributed by atoms with Crippen LogP contribution in [0.1, 0.15) is 31.4 Å². The summed E-state index contributed by atoms with van der Waals surface area (Å²) < 4.78 is 30.7. The van der Waals surface area contributed by atoms with Gasteiger partial charge < -0.3 is 19.5 Å². The molecule has 4 rings (SSSR count). The Morgan fingerprint density at radius 1 is 1.14 bits per heavy atom. The highest BCUT2D eigenvalue weighted by Crippen LogP contribution is 2.36. The molecule has 1 aliphatic rings. The molecule has 0 radical (unpaired) electrons.